The minimum absolute atomic E-state index is 0. The van der Waals surface area contributed by atoms with Crippen LogP contribution in [0.4, 0.5) is 0 Å². The van der Waals surface area contributed by atoms with Gasteiger partial charge in [0.1, 0.15) is 0 Å². The molecule has 0 radical (unpaired) electrons. The molecule has 1 saturated carbocycles. The lowest BCUT2D eigenvalue weighted by Gasteiger charge is -2.40. The Bertz CT molecular complexity index is 543. The van der Waals surface area contributed by atoms with Gasteiger partial charge in [0.05, 0.1) is 10.7 Å². The maximum Gasteiger partial charge on any atom is 0.191 e. The number of nitrogens with zero attached hydrogens (tertiary/aromatic N) is 2. The smallest absolute Gasteiger partial charge is 0.191 e. The van der Waals surface area contributed by atoms with Crippen LogP contribution >= 0.6 is 35.3 Å². The van der Waals surface area contributed by atoms with E-state index in [9.17, 15) is 0 Å². The van der Waals surface area contributed by atoms with Crippen molar-refractivity contribution in [3.05, 3.63) is 16.1 Å². The summed E-state index contributed by atoms with van der Waals surface area (Å²) in [5, 5.41) is 10.2. The number of aliphatic imine (C=N–C) groups is 1. The molecule has 2 rings (SSSR count). The fourth-order valence-electron chi connectivity index (χ4n) is 3.08. The van der Waals surface area contributed by atoms with E-state index in [1.165, 1.54) is 30.0 Å². The number of guanidine groups is 1. The van der Waals surface area contributed by atoms with Crippen LogP contribution in [-0.2, 0) is 11.2 Å². The third-order valence-corrected chi connectivity index (χ3v) is 6.10. The second kappa shape index (κ2) is 12.1. The molecule has 26 heavy (non-hydrogen) atoms. The monoisotopic (exact) mass is 494 g/mol. The van der Waals surface area contributed by atoms with Gasteiger partial charge in [-0.1, -0.05) is 20.3 Å². The Labute approximate surface area is 179 Å². The fraction of sp³-hybridized carbons (Fsp3) is 0.789. The van der Waals surface area contributed by atoms with Crippen LogP contribution in [0.1, 0.15) is 63.1 Å². The SMILES string of the molecule is CCNC(=NCC1(CCOC)CCC1)NCCc1csc(C(C)C)n1.I. The average Bonchev–Trinajstić information content (AvgIpc) is 3.02. The van der Waals surface area contributed by atoms with E-state index in [2.05, 4.69) is 36.8 Å². The van der Waals surface area contributed by atoms with Gasteiger partial charge in [-0.2, -0.15) is 0 Å². The summed E-state index contributed by atoms with van der Waals surface area (Å²) in [6, 6.07) is 0. The summed E-state index contributed by atoms with van der Waals surface area (Å²) in [6.45, 7) is 9.95. The topological polar surface area (TPSA) is 58.5 Å². The van der Waals surface area contributed by atoms with Gasteiger partial charge in [-0.05, 0) is 31.6 Å². The molecule has 0 spiro atoms. The molecule has 1 aromatic rings. The molecular weight excluding hydrogens is 459 g/mol. The van der Waals surface area contributed by atoms with Gasteiger partial charge in [0.2, 0.25) is 0 Å². The van der Waals surface area contributed by atoms with Crippen molar-refractivity contribution in [2.45, 2.75) is 58.8 Å². The largest absolute Gasteiger partial charge is 0.385 e. The summed E-state index contributed by atoms with van der Waals surface area (Å²) in [5.41, 5.74) is 1.53. The molecule has 1 aliphatic rings. The summed E-state index contributed by atoms with van der Waals surface area (Å²) >= 11 is 1.76. The predicted molar refractivity (Wildman–Crippen MR) is 122 cm³/mol. The summed E-state index contributed by atoms with van der Waals surface area (Å²) < 4.78 is 5.27. The van der Waals surface area contributed by atoms with Gasteiger partial charge in [0.15, 0.2) is 5.96 Å². The van der Waals surface area contributed by atoms with Crippen LogP contribution in [0.25, 0.3) is 0 Å². The Kier molecular flexibility index (Phi) is 11.0. The average molecular weight is 494 g/mol. The van der Waals surface area contributed by atoms with Crippen LogP contribution < -0.4 is 10.6 Å². The molecule has 7 heteroatoms. The number of hydrogen-bond donors (Lipinski definition) is 2. The molecule has 0 bridgehead atoms. The van der Waals surface area contributed by atoms with Gasteiger partial charge >= 0.3 is 0 Å². The number of aromatic nitrogens is 1. The first kappa shape index (κ1) is 23.6. The molecule has 150 valence electrons. The third-order valence-electron chi connectivity index (χ3n) is 4.90. The highest BCUT2D eigenvalue weighted by Gasteiger charge is 2.36. The zero-order chi connectivity index (χ0) is 18.1. The molecule has 0 aromatic carbocycles. The van der Waals surface area contributed by atoms with E-state index in [-0.39, 0.29) is 24.0 Å². The highest BCUT2D eigenvalue weighted by atomic mass is 127. The van der Waals surface area contributed by atoms with Crippen LogP contribution in [0, 0.1) is 5.41 Å². The number of rotatable bonds is 10. The van der Waals surface area contributed by atoms with Crippen molar-refractivity contribution in [3.8, 4) is 0 Å². The first-order valence-electron chi connectivity index (χ1n) is 9.54. The number of nitrogens with one attached hydrogen (secondary N) is 2. The lowest BCUT2D eigenvalue weighted by atomic mass is 9.67. The zero-order valence-corrected chi connectivity index (χ0v) is 19.8. The maximum atomic E-state index is 5.27. The van der Waals surface area contributed by atoms with Crippen LogP contribution in [0.5, 0.6) is 0 Å². The minimum atomic E-state index is 0. The zero-order valence-electron chi connectivity index (χ0n) is 16.6. The van der Waals surface area contributed by atoms with Crippen molar-refractivity contribution in [2.75, 3.05) is 33.4 Å². The Morgan fingerprint density at radius 2 is 2.15 bits per heavy atom. The molecule has 2 N–H and O–H groups in total. The van der Waals surface area contributed by atoms with Crippen molar-refractivity contribution in [1.82, 2.24) is 15.6 Å². The summed E-state index contributed by atoms with van der Waals surface area (Å²) in [5.74, 6) is 1.43. The lowest BCUT2D eigenvalue weighted by Crippen LogP contribution is -2.41. The molecule has 0 atom stereocenters. The minimum Gasteiger partial charge on any atom is -0.385 e. The van der Waals surface area contributed by atoms with Crippen molar-refractivity contribution < 1.29 is 4.74 Å². The summed E-state index contributed by atoms with van der Waals surface area (Å²) in [4.78, 5) is 9.54. The van der Waals surface area contributed by atoms with E-state index >= 15 is 0 Å². The van der Waals surface area contributed by atoms with Crippen molar-refractivity contribution in [3.63, 3.8) is 0 Å². The molecule has 0 saturated heterocycles. The van der Waals surface area contributed by atoms with Gasteiger partial charge in [0.25, 0.3) is 0 Å². The third kappa shape index (κ3) is 7.31. The van der Waals surface area contributed by atoms with Crippen LogP contribution in [0.3, 0.4) is 0 Å². The van der Waals surface area contributed by atoms with Gasteiger partial charge < -0.3 is 15.4 Å². The van der Waals surface area contributed by atoms with Crippen molar-refractivity contribution in [2.24, 2.45) is 10.4 Å². The Balaban J connectivity index is 0.00000338. The number of thiazole rings is 1. The number of hydrogen-bond acceptors (Lipinski definition) is 4. The summed E-state index contributed by atoms with van der Waals surface area (Å²) in [7, 11) is 1.78. The van der Waals surface area contributed by atoms with Crippen molar-refractivity contribution in [1.29, 1.82) is 0 Å². The number of ether oxygens (including phenoxy) is 1. The molecule has 0 aliphatic heterocycles. The molecule has 0 unspecified atom stereocenters. The maximum absolute atomic E-state index is 5.27. The molecule has 1 aromatic heterocycles. The van der Waals surface area contributed by atoms with Crippen LogP contribution in [-0.4, -0.2) is 44.3 Å². The Morgan fingerprint density at radius 1 is 1.38 bits per heavy atom. The fourth-order valence-corrected chi connectivity index (χ4v) is 3.95. The van der Waals surface area contributed by atoms with Gasteiger partial charge in [-0.15, -0.1) is 35.3 Å². The molecule has 1 fully saturated rings. The van der Waals surface area contributed by atoms with Crippen LogP contribution in [0.2, 0.25) is 0 Å². The van der Waals surface area contributed by atoms with E-state index in [0.717, 1.165) is 45.0 Å². The van der Waals surface area contributed by atoms with E-state index < -0.39 is 0 Å². The Morgan fingerprint density at radius 3 is 2.69 bits per heavy atom. The number of methoxy groups -OCH3 is 1. The summed E-state index contributed by atoms with van der Waals surface area (Å²) in [6.07, 6.45) is 5.92. The second-order valence-corrected chi connectivity index (χ2v) is 8.19. The predicted octanol–water partition coefficient (Wildman–Crippen LogP) is 4.19. The van der Waals surface area contributed by atoms with E-state index in [1.54, 1.807) is 18.4 Å². The van der Waals surface area contributed by atoms with E-state index in [4.69, 9.17) is 14.7 Å². The molecule has 1 aliphatic carbocycles. The molecule has 1 heterocycles. The molecular formula is C19H35IN4OS. The van der Waals surface area contributed by atoms with E-state index in [0.29, 0.717) is 11.3 Å². The number of halogens is 1. The standard InChI is InChI=1S/C19H34N4OS.HI/c1-5-20-18(22-14-19(8-6-9-19)10-12-24-4)21-11-7-16-13-25-17(23-16)15(2)3;/h13,15H,5-12,14H2,1-4H3,(H2,20,21,22);1H. The van der Waals surface area contributed by atoms with Crippen LogP contribution in [0.15, 0.2) is 10.4 Å². The second-order valence-electron chi connectivity index (χ2n) is 7.30. The Hall–Kier alpha value is -0.410. The van der Waals surface area contributed by atoms with Gasteiger partial charge in [-0.25, -0.2) is 4.98 Å². The highest BCUT2D eigenvalue weighted by molar-refractivity contribution is 14.0. The van der Waals surface area contributed by atoms with E-state index in [1.807, 2.05) is 0 Å². The van der Waals surface area contributed by atoms with Gasteiger partial charge in [0, 0.05) is 51.1 Å². The van der Waals surface area contributed by atoms with Gasteiger partial charge in [-0.3, -0.25) is 4.99 Å². The lowest BCUT2D eigenvalue weighted by molar-refractivity contribution is 0.0778. The molecule has 5 nitrogen and oxygen atoms in total. The first-order chi connectivity index (χ1) is 12.1. The van der Waals surface area contributed by atoms with Crippen molar-refractivity contribution >= 4 is 41.3 Å². The quantitative estimate of drug-likeness (QED) is 0.291. The normalized spacial score (nSPS) is 16.1. The highest BCUT2D eigenvalue weighted by Crippen LogP contribution is 2.44. The first-order valence-corrected chi connectivity index (χ1v) is 10.4. The molecule has 0 amide bonds.